The molecule has 1 saturated heterocycles. The number of halogens is 1. The molecule has 0 bridgehead atoms. The van der Waals surface area contributed by atoms with Crippen LogP contribution in [0, 0.1) is 5.82 Å². The summed E-state index contributed by atoms with van der Waals surface area (Å²) >= 11 is 0. The minimum atomic E-state index is -0.535. The molecule has 1 aromatic carbocycles. The number of benzene rings is 1. The number of rotatable bonds is 2. The first-order chi connectivity index (χ1) is 9.61. The number of carbonyl (C=O) groups excluding carboxylic acids is 2. The first-order valence-corrected chi connectivity index (χ1v) is 6.79. The van der Waals surface area contributed by atoms with E-state index in [0.717, 1.165) is 24.0 Å². The fourth-order valence-corrected chi connectivity index (χ4v) is 3.30. The van der Waals surface area contributed by atoms with Gasteiger partial charge in [0.1, 0.15) is 11.9 Å². The van der Waals surface area contributed by atoms with Crippen molar-refractivity contribution in [3.05, 3.63) is 35.1 Å². The molecule has 1 amide bonds. The smallest absolute Gasteiger partial charge is 0.328 e. The molecule has 1 aliphatic carbocycles. The third-order valence-electron chi connectivity index (χ3n) is 4.22. The highest BCUT2D eigenvalue weighted by Gasteiger charge is 2.43. The van der Waals surface area contributed by atoms with E-state index in [1.807, 2.05) is 0 Å². The van der Waals surface area contributed by atoms with Crippen LogP contribution >= 0.6 is 0 Å². The van der Waals surface area contributed by atoms with Gasteiger partial charge in [-0.05, 0) is 42.5 Å². The zero-order chi connectivity index (χ0) is 14.3. The van der Waals surface area contributed by atoms with Crippen LogP contribution in [0.3, 0.4) is 0 Å². The predicted molar refractivity (Wildman–Crippen MR) is 69.3 cm³/mol. The monoisotopic (exact) mass is 277 g/mol. The lowest BCUT2D eigenvalue weighted by Gasteiger charge is -2.29. The van der Waals surface area contributed by atoms with E-state index in [1.54, 1.807) is 11.0 Å². The largest absolute Gasteiger partial charge is 0.467 e. The first kappa shape index (κ1) is 13.1. The molecular formula is C15H16FNO3. The molecule has 2 aliphatic rings. The number of methoxy groups -OCH3 is 1. The van der Waals surface area contributed by atoms with Gasteiger partial charge < -0.3 is 9.64 Å². The van der Waals surface area contributed by atoms with Gasteiger partial charge in [0.15, 0.2) is 0 Å². The van der Waals surface area contributed by atoms with Crippen molar-refractivity contribution < 1.29 is 18.7 Å². The summed E-state index contributed by atoms with van der Waals surface area (Å²) in [6.07, 6.45) is 2.36. The van der Waals surface area contributed by atoms with Crippen LogP contribution in [-0.2, 0) is 20.7 Å². The van der Waals surface area contributed by atoms with Gasteiger partial charge >= 0.3 is 5.97 Å². The first-order valence-electron chi connectivity index (χ1n) is 6.79. The number of amides is 1. The fraction of sp³-hybridized carbons (Fsp3) is 0.467. The van der Waals surface area contributed by atoms with Gasteiger partial charge in [-0.25, -0.2) is 9.18 Å². The lowest BCUT2D eigenvalue weighted by Crippen LogP contribution is -2.41. The lowest BCUT2D eigenvalue weighted by molar-refractivity contribution is -0.150. The van der Waals surface area contributed by atoms with Crippen LogP contribution < -0.4 is 0 Å². The summed E-state index contributed by atoms with van der Waals surface area (Å²) in [4.78, 5) is 25.5. The molecule has 0 aromatic heterocycles. The van der Waals surface area contributed by atoms with Crippen LogP contribution in [-0.4, -0.2) is 29.9 Å². The van der Waals surface area contributed by atoms with Gasteiger partial charge in [-0.2, -0.15) is 0 Å². The van der Waals surface area contributed by atoms with E-state index in [-0.39, 0.29) is 23.7 Å². The molecule has 4 nitrogen and oxygen atoms in total. The Hall–Kier alpha value is -1.91. The minimum absolute atomic E-state index is 0.0532. The quantitative estimate of drug-likeness (QED) is 0.777. The molecule has 2 atom stereocenters. The highest BCUT2D eigenvalue weighted by atomic mass is 19.1. The van der Waals surface area contributed by atoms with Gasteiger partial charge in [0.2, 0.25) is 5.91 Å². The molecule has 1 aromatic rings. The Balaban J connectivity index is 1.95. The molecule has 3 rings (SSSR count). The SMILES string of the molecule is COC(=O)C1CCC(=O)N1C1CCc2ccc(F)cc21. The summed E-state index contributed by atoms with van der Waals surface area (Å²) in [5.74, 6) is -0.750. The van der Waals surface area contributed by atoms with E-state index < -0.39 is 6.04 Å². The van der Waals surface area contributed by atoms with E-state index in [4.69, 9.17) is 4.74 Å². The summed E-state index contributed by atoms with van der Waals surface area (Å²) in [7, 11) is 1.32. The second-order valence-corrected chi connectivity index (χ2v) is 5.28. The molecule has 0 saturated carbocycles. The van der Waals surface area contributed by atoms with Crippen LogP contribution in [0.4, 0.5) is 4.39 Å². The average molecular weight is 277 g/mol. The normalized spacial score (nSPS) is 24.9. The Labute approximate surface area is 116 Å². The molecule has 1 heterocycles. The number of hydrogen-bond donors (Lipinski definition) is 0. The van der Waals surface area contributed by atoms with Crippen molar-refractivity contribution in [2.45, 2.75) is 37.8 Å². The van der Waals surface area contributed by atoms with Crippen LogP contribution in [0.15, 0.2) is 18.2 Å². The second kappa shape index (κ2) is 4.89. The maximum atomic E-state index is 13.4. The number of likely N-dealkylation sites (tertiary alicyclic amines) is 1. The van der Waals surface area contributed by atoms with E-state index in [0.29, 0.717) is 12.8 Å². The standard InChI is InChI=1S/C15H16FNO3/c1-20-15(19)13-6-7-14(18)17(13)12-5-3-9-2-4-10(16)8-11(9)12/h2,4,8,12-13H,3,5-7H2,1H3. The topological polar surface area (TPSA) is 46.6 Å². The molecule has 2 unspecified atom stereocenters. The molecule has 0 N–H and O–H groups in total. The number of fused-ring (bicyclic) bond motifs is 1. The van der Waals surface area contributed by atoms with Gasteiger partial charge in [0.05, 0.1) is 13.2 Å². The van der Waals surface area contributed by atoms with Crippen molar-refractivity contribution in [1.82, 2.24) is 4.90 Å². The molecule has 0 radical (unpaired) electrons. The molecule has 106 valence electrons. The summed E-state index contributed by atoms with van der Waals surface area (Å²) in [5, 5.41) is 0. The van der Waals surface area contributed by atoms with Gasteiger partial charge in [-0.15, -0.1) is 0 Å². The van der Waals surface area contributed by atoms with Gasteiger partial charge in [-0.3, -0.25) is 4.79 Å². The minimum Gasteiger partial charge on any atom is -0.467 e. The van der Waals surface area contributed by atoms with Crippen LogP contribution in [0.2, 0.25) is 0 Å². The Bertz CT molecular complexity index is 572. The Kier molecular flexibility index (Phi) is 3.20. The van der Waals surface area contributed by atoms with E-state index >= 15 is 0 Å². The number of aryl methyl sites for hydroxylation is 1. The third-order valence-corrected chi connectivity index (χ3v) is 4.22. The number of nitrogens with zero attached hydrogens (tertiary/aromatic N) is 1. The maximum Gasteiger partial charge on any atom is 0.328 e. The predicted octanol–water partition coefficient (Wildman–Crippen LogP) is 1.98. The van der Waals surface area contributed by atoms with Crippen LogP contribution in [0.25, 0.3) is 0 Å². The summed E-state index contributed by atoms with van der Waals surface area (Å²) in [6.45, 7) is 0. The molecule has 1 aliphatic heterocycles. The van der Waals surface area contributed by atoms with Crippen molar-refractivity contribution >= 4 is 11.9 Å². The van der Waals surface area contributed by atoms with Crippen molar-refractivity contribution in [3.63, 3.8) is 0 Å². The zero-order valence-electron chi connectivity index (χ0n) is 11.3. The van der Waals surface area contributed by atoms with Crippen LogP contribution in [0.5, 0.6) is 0 Å². The maximum absolute atomic E-state index is 13.4. The van der Waals surface area contributed by atoms with Crippen LogP contribution in [0.1, 0.15) is 36.4 Å². The van der Waals surface area contributed by atoms with E-state index in [1.165, 1.54) is 19.2 Å². The van der Waals surface area contributed by atoms with Crippen molar-refractivity contribution in [2.24, 2.45) is 0 Å². The summed E-state index contributed by atoms with van der Waals surface area (Å²) in [6, 6.07) is 3.93. The van der Waals surface area contributed by atoms with E-state index in [9.17, 15) is 14.0 Å². The van der Waals surface area contributed by atoms with Crippen molar-refractivity contribution in [2.75, 3.05) is 7.11 Å². The Morgan fingerprint density at radius 3 is 2.90 bits per heavy atom. The highest BCUT2D eigenvalue weighted by molar-refractivity contribution is 5.88. The highest BCUT2D eigenvalue weighted by Crippen LogP contribution is 2.40. The average Bonchev–Trinajstić information content (AvgIpc) is 3.01. The number of carbonyl (C=O) groups is 2. The number of ether oxygens (including phenoxy) is 1. The van der Waals surface area contributed by atoms with Crippen molar-refractivity contribution in [3.8, 4) is 0 Å². The van der Waals surface area contributed by atoms with Gasteiger partial charge in [0.25, 0.3) is 0 Å². The third kappa shape index (κ3) is 1.97. The lowest BCUT2D eigenvalue weighted by atomic mass is 10.1. The number of hydrogen-bond acceptors (Lipinski definition) is 3. The second-order valence-electron chi connectivity index (χ2n) is 5.28. The zero-order valence-corrected chi connectivity index (χ0v) is 11.3. The molecular weight excluding hydrogens is 261 g/mol. The van der Waals surface area contributed by atoms with Crippen molar-refractivity contribution in [1.29, 1.82) is 0 Å². The summed E-state index contributed by atoms with van der Waals surface area (Å²) in [5.41, 5.74) is 1.88. The van der Waals surface area contributed by atoms with Gasteiger partial charge in [0, 0.05) is 6.42 Å². The Morgan fingerprint density at radius 1 is 1.35 bits per heavy atom. The molecule has 20 heavy (non-hydrogen) atoms. The van der Waals surface area contributed by atoms with E-state index in [2.05, 4.69) is 0 Å². The summed E-state index contributed by atoms with van der Waals surface area (Å²) < 4.78 is 18.2. The fourth-order valence-electron chi connectivity index (χ4n) is 3.30. The van der Waals surface area contributed by atoms with Gasteiger partial charge in [-0.1, -0.05) is 6.07 Å². The Morgan fingerprint density at radius 2 is 2.15 bits per heavy atom. The molecule has 5 heteroatoms. The molecule has 0 spiro atoms. The number of esters is 1. The molecule has 1 fully saturated rings.